The van der Waals surface area contributed by atoms with E-state index in [0.717, 1.165) is 12.1 Å². The van der Waals surface area contributed by atoms with Gasteiger partial charge in [-0.3, -0.25) is 9.67 Å². The molecule has 1 N–H and O–H groups in total. The van der Waals surface area contributed by atoms with Gasteiger partial charge < -0.3 is 5.11 Å². The van der Waals surface area contributed by atoms with Crippen molar-refractivity contribution in [1.29, 1.82) is 0 Å². The van der Waals surface area contributed by atoms with Gasteiger partial charge in [-0.15, -0.1) is 0 Å². The molecule has 0 atom stereocenters. The molecule has 2 aromatic heterocycles. The van der Waals surface area contributed by atoms with E-state index in [1.165, 1.54) is 0 Å². The summed E-state index contributed by atoms with van der Waals surface area (Å²) in [5.41, 5.74) is 1.41. The van der Waals surface area contributed by atoms with E-state index in [-0.39, 0.29) is 5.75 Å². The molecule has 0 unspecified atom stereocenters. The van der Waals surface area contributed by atoms with Gasteiger partial charge in [0.1, 0.15) is 11.4 Å². The summed E-state index contributed by atoms with van der Waals surface area (Å²) in [4.78, 5) is 4.09. The second kappa shape index (κ2) is 3.49. The number of hydrogen-bond acceptors (Lipinski definition) is 3. The summed E-state index contributed by atoms with van der Waals surface area (Å²) in [6.07, 6.45) is 5.21. The summed E-state index contributed by atoms with van der Waals surface area (Å²) in [6.45, 7) is 2.82. The second-order valence-electron chi connectivity index (χ2n) is 2.96. The average Bonchev–Trinajstić information content (AvgIpc) is 2.67. The van der Waals surface area contributed by atoms with Crippen molar-refractivity contribution in [2.24, 2.45) is 0 Å². The van der Waals surface area contributed by atoms with Crippen molar-refractivity contribution in [3.8, 4) is 17.0 Å². The van der Waals surface area contributed by atoms with E-state index in [0.29, 0.717) is 5.69 Å². The van der Waals surface area contributed by atoms with Crippen LogP contribution in [0, 0.1) is 0 Å². The molecule has 0 saturated heterocycles. The number of pyridine rings is 1. The zero-order valence-electron chi connectivity index (χ0n) is 7.88. The molecule has 0 amide bonds. The summed E-state index contributed by atoms with van der Waals surface area (Å²) < 4.78 is 1.80. The van der Waals surface area contributed by atoms with Crippen molar-refractivity contribution in [3.05, 3.63) is 30.7 Å². The van der Waals surface area contributed by atoms with Crippen LogP contribution in [0.4, 0.5) is 0 Å². The fourth-order valence-corrected chi connectivity index (χ4v) is 1.28. The Morgan fingerprint density at radius 2 is 2.36 bits per heavy atom. The van der Waals surface area contributed by atoms with Crippen LogP contribution >= 0.6 is 0 Å². The van der Waals surface area contributed by atoms with Gasteiger partial charge >= 0.3 is 0 Å². The van der Waals surface area contributed by atoms with Gasteiger partial charge in [0.05, 0.1) is 6.20 Å². The minimum Gasteiger partial charge on any atom is -0.506 e. The minimum absolute atomic E-state index is 0.183. The molecular weight excluding hydrogens is 178 g/mol. The maximum absolute atomic E-state index is 9.55. The second-order valence-corrected chi connectivity index (χ2v) is 2.96. The van der Waals surface area contributed by atoms with Crippen LogP contribution in [0.1, 0.15) is 6.92 Å². The Balaban J connectivity index is 2.44. The van der Waals surface area contributed by atoms with Crippen LogP contribution in [-0.4, -0.2) is 19.9 Å². The van der Waals surface area contributed by atoms with E-state index in [4.69, 9.17) is 0 Å². The van der Waals surface area contributed by atoms with E-state index in [9.17, 15) is 5.11 Å². The standard InChI is InChI=1S/C10H11N3O/c1-2-13-7-8(6-12-13)10-9(14)4-3-5-11-10/h3-7,14H,2H2,1H3. The first-order valence-electron chi connectivity index (χ1n) is 4.48. The third kappa shape index (κ3) is 1.46. The van der Waals surface area contributed by atoms with E-state index in [1.807, 2.05) is 13.1 Å². The predicted molar refractivity (Wildman–Crippen MR) is 52.8 cm³/mol. The molecule has 72 valence electrons. The van der Waals surface area contributed by atoms with Crippen LogP contribution in [-0.2, 0) is 6.54 Å². The van der Waals surface area contributed by atoms with Gasteiger partial charge in [0, 0.05) is 24.5 Å². The third-order valence-electron chi connectivity index (χ3n) is 2.02. The normalized spacial score (nSPS) is 10.4. The van der Waals surface area contributed by atoms with Gasteiger partial charge in [0.15, 0.2) is 0 Å². The fraction of sp³-hybridized carbons (Fsp3) is 0.200. The van der Waals surface area contributed by atoms with Crippen LogP contribution in [0.25, 0.3) is 11.3 Å². The van der Waals surface area contributed by atoms with Crippen molar-refractivity contribution >= 4 is 0 Å². The lowest BCUT2D eigenvalue weighted by atomic mass is 10.2. The highest BCUT2D eigenvalue weighted by Gasteiger charge is 2.06. The lowest BCUT2D eigenvalue weighted by molar-refractivity contribution is 0.475. The highest BCUT2D eigenvalue weighted by molar-refractivity contribution is 5.63. The zero-order chi connectivity index (χ0) is 9.97. The van der Waals surface area contributed by atoms with Crippen LogP contribution < -0.4 is 0 Å². The highest BCUT2D eigenvalue weighted by atomic mass is 16.3. The van der Waals surface area contributed by atoms with Gasteiger partial charge in [0.2, 0.25) is 0 Å². The SMILES string of the molecule is CCn1cc(-c2ncccc2O)cn1. The summed E-state index contributed by atoms with van der Waals surface area (Å²) in [5.74, 6) is 0.183. The monoisotopic (exact) mass is 189 g/mol. The lowest BCUT2D eigenvalue weighted by Crippen LogP contribution is -1.92. The van der Waals surface area contributed by atoms with E-state index < -0.39 is 0 Å². The molecule has 0 spiro atoms. The number of hydrogen-bond donors (Lipinski definition) is 1. The molecule has 0 aliphatic heterocycles. The van der Waals surface area contributed by atoms with Crippen molar-refractivity contribution in [3.63, 3.8) is 0 Å². The first kappa shape index (κ1) is 8.74. The number of aromatic nitrogens is 3. The molecule has 4 nitrogen and oxygen atoms in total. The molecule has 0 radical (unpaired) electrons. The summed E-state index contributed by atoms with van der Waals surface area (Å²) in [6, 6.07) is 3.31. The Kier molecular flexibility index (Phi) is 2.18. The third-order valence-corrected chi connectivity index (χ3v) is 2.02. The minimum atomic E-state index is 0.183. The molecule has 14 heavy (non-hydrogen) atoms. The first-order chi connectivity index (χ1) is 6.81. The van der Waals surface area contributed by atoms with Gasteiger partial charge in [-0.25, -0.2) is 0 Å². The molecule has 0 bridgehead atoms. The van der Waals surface area contributed by atoms with E-state index in [2.05, 4.69) is 10.1 Å². The van der Waals surface area contributed by atoms with E-state index >= 15 is 0 Å². The summed E-state index contributed by atoms with van der Waals surface area (Å²) in [7, 11) is 0. The molecule has 0 aliphatic rings. The molecule has 2 heterocycles. The Hall–Kier alpha value is -1.84. The molecule has 0 fully saturated rings. The number of rotatable bonds is 2. The van der Waals surface area contributed by atoms with Crippen LogP contribution in [0.5, 0.6) is 5.75 Å². The Labute approximate surface area is 81.8 Å². The van der Waals surface area contributed by atoms with Crippen molar-refractivity contribution in [2.75, 3.05) is 0 Å². The van der Waals surface area contributed by atoms with E-state index in [1.54, 1.807) is 29.2 Å². The maximum Gasteiger partial charge on any atom is 0.141 e. The summed E-state index contributed by atoms with van der Waals surface area (Å²) >= 11 is 0. The zero-order valence-corrected chi connectivity index (χ0v) is 7.88. The molecule has 0 aromatic carbocycles. The van der Waals surface area contributed by atoms with Crippen LogP contribution in [0.3, 0.4) is 0 Å². The van der Waals surface area contributed by atoms with Crippen molar-refractivity contribution in [2.45, 2.75) is 13.5 Å². The number of aromatic hydroxyl groups is 1. The number of aryl methyl sites for hydroxylation is 1. The first-order valence-corrected chi connectivity index (χ1v) is 4.48. The fourth-order valence-electron chi connectivity index (χ4n) is 1.28. The largest absolute Gasteiger partial charge is 0.506 e. The van der Waals surface area contributed by atoms with Crippen molar-refractivity contribution < 1.29 is 5.11 Å². The molecule has 4 heteroatoms. The predicted octanol–water partition coefficient (Wildman–Crippen LogP) is 1.67. The summed E-state index contributed by atoms with van der Waals surface area (Å²) in [5, 5.41) is 13.7. The molecule has 2 rings (SSSR count). The Morgan fingerprint density at radius 3 is 3.00 bits per heavy atom. The van der Waals surface area contributed by atoms with Gasteiger partial charge in [-0.1, -0.05) is 0 Å². The Morgan fingerprint density at radius 1 is 1.50 bits per heavy atom. The van der Waals surface area contributed by atoms with Crippen LogP contribution in [0.15, 0.2) is 30.7 Å². The highest BCUT2D eigenvalue weighted by Crippen LogP contribution is 2.25. The molecular formula is C10H11N3O. The average molecular weight is 189 g/mol. The van der Waals surface area contributed by atoms with Gasteiger partial charge in [0.25, 0.3) is 0 Å². The molecule has 0 saturated carbocycles. The van der Waals surface area contributed by atoms with Gasteiger partial charge in [-0.05, 0) is 19.1 Å². The molecule has 0 aliphatic carbocycles. The van der Waals surface area contributed by atoms with Crippen LogP contribution in [0.2, 0.25) is 0 Å². The topological polar surface area (TPSA) is 50.9 Å². The lowest BCUT2D eigenvalue weighted by Gasteiger charge is -1.98. The smallest absolute Gasteiger partial charge is 0.141 e. The maximum atomic E-state index is 9.55. The molecule has 2 aromatic rings. The Bertz CT molecular complexity index is 436. The van der Waals surface area contributed by atoms with Crippen molar-refractivity contribution in [1.82, 2.24) is 14.8 Å². The quantitative estimate of drug-likeness (QED) is 0.781. The number of nitrogens with zero attached hydrogens (tertiary/aromatic N) is 3. The van der Waals surface area contributed by atoms with Gasteiger partial charge in [-0.2, -0.15) is 5.10 Å².